The Morgan fingerprint density at radius 3 is 2.29 bits per heavy atom. The van der Waals surface area contributed by atoms with Crippen LogP contribution in [0.2, 0.25) is 0 Å². The third-order valence-corrected chi connectivity index (χ3v) is 3.59. The summed E-state index contributed by atoms with van der Waals surface area (Å²) < 4.78 is 0.821. The van der Waals surface area contributed by atoms with Gasteiger partial charge in [-0.3, -0.25) is 20.4 Å². The number of nitrogens with one attached hydrogen (secondary N) is 2. The van der Waals surface area contributed by atoms with Crippen LogP contribution in [0.1, 0.15) is 15.9 Å². The van der Waals surface area contributed by atoms with Gasteiger partial charge in [0, 0.05) is 9.65 Å². The van der Waals surface area contributed by atoms with Crippen molar-refractivity contribution >= 4 is 40.5 Å². The zero-order valence-corrected chi connectivity index (χ0v) is 13.2. The zero-order chi connectivity index (χ0) is 15.1. The first-order valence-electron chi connectivity index (χ1n) is 6.25. The van der Waals surface area contributed by atoms with Crippen LogP contribution in [0.4, 0.5) is 0 Å². The van der Waals surface area contributed by atoms with Gasteiger partial charge in [-0.05, 0) is 46.4 Å². The Kier molecular flexibility index (Phi) is 5.51. The summed E-state index contributed by atoms with van der Waals surface area (Å²) >= 11 is 2.07. The fraction of sp³-hybridized carbons (Fsp3) is 0. The van der Waals surface area contributed by atoms with Gasteiger partial charge in [-0.2, -0.15) is 0 Å². The van der Waals surface area contributed by atoms with Gasteiger partial charge in [0.15, 0.2) is 0 Å². The predicted molar refractivity (Wildman–Crippen MR) is 90.2 cm³/mol. The largest absolute Gasteiger partial charge is 0.270 e. The molecule has 0 aliphatic carbocycles. The fourth-order valence-corrected chi connectivity index (χ4v) is 2.24. The van der Waals surface area contributed by atoms with Crippen LogP contribution in [0.15, 0.2) is 60.7 Å². The molecule has 0 aromatic heterocycles. The van der Waals surface area contributed by atoms with Gasteiger partial charge in [0.2, 0.25) is 0 Å². The summed E-state index contributed by atoms with van der Waals surface area (Å²) in [4.78, 5) is 23.5. The highest BCUT2D eigenvalue weighted by molar-refractivity contribution is 14.1. The maximum absolute atomic E-state index is 11.9. The molecule has 2 aromatic carbocycles. The van der Waals surface area contributed by atoms with Crippen LogP contribution < -0.4 is 10.9 Å². The average molecular weight is 392 g/mol. The third kappa shape index (κ3) is 4.71. The van der Waals surface area contributed by atoms with E-state index in [1.54, 1.807) is 18.2 Å². The Morgan fingerprint density at radius 1 is 0.905 bits per heavy atom. The lowest BCUT2D eigenvalue weighted by Crippen LogP contribution is -2.41. The summed E-state index contributed by atoms with van der Waals surface area (Å²) in [5.74, 6) is -0.736. The minimum atomic E-state index is -0.391. The Labute approximate surface area is 136 Å². The van der Waals surface area contributed by atoms with E-state index < -0.39 is 5.91 Å². The predicted octanol–water partition coefficient (Wildman–Crippen LogP) is 2.77. The smallest absolute Gasteiger partial charge is 0.268 e. The summed E-state index contributed by atoms with van der Waals surface area (Å²) in [6.07, 6.45) is 3.04. The summed E-state index contributed by atoms with van der Waals surface area (Å²) in [5, 5.41) is 0. The SMILES string of the molecule is O=C(C=Cc1ccccc1)NNC(=O)c1ccccc1I. The molecule has 2 N–H and O–H groups in total. The molecule has 0 bridgehead atoms. The second kappa shape index (κ2) is 7.58. The number of carbonyl (C=O) groups excluding carboxylic acids is 2. The highest BCUT2D eigenvalue weighted by Crippen LogP contribution is 2.10. The van der Waals surface area contributed by atoms with Gasteiger partial charge in [0.1, 0.15) is 0 Å². The lowest BCUT2D eigenvalue weighted by molar-refractivity contribution is -0.117. The Hall–Kier alpha value is -2.15. The van der Waals surface area contributed by atoms with Crippen LogP contribution in [0.5, 0.6) is 0 Å². The molecule has 4 nitrogen and oxygen atoms in total. The van der Waals surface area contributed by atoms with E-state index in [-0.39, 0.29) is 5.91 Å². The molecule has 2 rings (SSSR count). The number of halogens is 1. The molecule has 0 heterocycles. The minimum absolute atomic E-state index is 0.346. The van der Waals surface area contributed by atoms with E-state index in [0.29, 0.717) is 5.56 Å². The van der Waals surface area contributed by atoms with Crippen molar-refractivity contribution in [2.24, 2.45) is 0 Å². The zero-order valence-electron chi connectivity index (χ0n) is 11.0. The van der Waals surface area contributed by atoms with Crippen molar-refractivity contribution in [1.82, 2.24) is 10.9 Å². The normalized spacial score (nSPS) is 10.3. The van der Waals surface area contributed by atoms with Gasteiger partial charge in [-0.25, -0.2) is 0 Å². The first-order valence-corrected chi connectivity index (χ1v) is 7.32. The molecule has 2 amide bonds. The van der Waals surface area contributed by atoms with Crippen molar-refractivity contribution in [2.45, 2.75) is 0 Å². The molecular formula is C16H13IN2O2. The van der Waals surface area contributed by atoms with Gasteiger partial charge in [-0.1, -0.05) is 42.5 Å². The van der Waals surface area contributed by atoms with Crippen LogP contribution in [0.25, 0.3) is 6.08 Å². The lowest BCUT2D eigenvalue weighted by atomic mass is 10.2. The van der Waals surface area contributed by atoms with E-state index in [1.807, 2.05) is 42.5 Å². The summed E-state index contributed by atoms with van der Waals surface area (Å²) in [5.41, 5.74) is 6.16. The number of rotatable bonds is 3. The highest BCUT2D eigenvalue weighted by Gasteiger charge is 2.08. The topological polar surface area (TPSA) is 58.2 Å². The van der Waals surface area contributed by atoms with E-state index in [1.165, 1.54) is 6.08 Å². The van der Waals surface area contributed by atoms with Crippen molar-refractivity contribution in [3.63, 3.8) is 0 Å². The van der Waals surface area contributed by atoms with Crippen molar-refractivity contribution in [1.29, 1.82) is 0 Å². The Morgan fingerprint density at radius 2 is 1.57 bits per heavy atom. The minimum Gasteiger partial charge on any atom is -0.268 e. The average Bonchev–Trinajstić information content (AvgIpc) is 2.52. The molecular weight excluding hydrogens is 379 g/mol. The number of benzene rings is 2. The van der Waals surface area contributed by atoms with Crippen molar-refractivity contribution in [2.75, 3.05) is 0 Å². The van der Waals surface area contributed by atoms with Crippen LogP contribution >= 0.6 is 22.6 Å². The monoisotopic (exact) mass is 392 g/mol. The van der Waals surface area contributed by atoms with E-state index in [2.05, 4.69) is 33.4 Å². The van der Waals surface area contributed by atoms with Crippen molar-refractivity contribution < 1.29 is 9.59 Å². The molecule has 0 aliphatic rings. The lowest BCUT2D eigenvalue weighted by Gasteiger charge is -2.06. The summed E-state index contributed by atoms with van der Waals surface area (Å²) in [7, 11) is 0. The van der Waals surface area contributed by atoms with Gasteiger partial charge in [0.25, 0.3) is 11.8 Å². The number of hydrogen-bond donors (Lipinski definition) is 2. The fourth-order valence-electron chi connectivity index (χ4n) is 1.61. The number of amides is 2. The van der Waals surface area contributed by atoms with Crippen LogP contribution in [-0.4, -0.2) is 11.8 Å². The standard InChI is InChI=1S/C16H13IN2O2/c17-14-9-5-4-8-13(14)16(21)19-18-15(20)11-10-12-6-2-1-3-7-12/h1-11H,(H,18,20)(H,19,21). The first kappa shape index (κ1) is 15.2. The molecule has 0 spiro atoms. The molecule has 0 radical (unpaired) electrons. The molecule has 0 atom stereocenters. The van der Waals surface area contributed by atoms with E-state index in [9.17, 15) is 9.59 Å². The van der Waals surface area contributed by atoms with Gasteiger partial charge >= 0.3 is 0 Å². The molecule has 0 fully saturated rings. The van der Waals surface area contributed by atoms with Crippen LogP contribution in [-0.2, 0) is 4.79 Å². The molecule has 0 aliphatic heterocycles. The Balaban J connectivity index is 1.88. The molecule has 0 saturated heterocycles. The first-order chi connectivity index (χ1) is 10.2. The second-order valence-electron chi connectivity index (χ2n) is 4.17. The second-order valence-corrected chi connectivity index (χ2v) is 5.33. The third-order valence-electron chi connectivity index (χ3n) is 2.64. The van der Waals surface area contributed by atoms with Gasteiger partial charge < -0.3 is 0 Å². The molecule has 2 aromatic rings. The molecule has 5 heteroatoms. The van der Waals surface area contributed by atoms with E-state index in [0.717, 1.165) is 9.13 Å². The van der Waals surface area contributed by atoms with Gasteiger partial charge in [0.05, 0.1) is 5.56 Å². The molecule has 0 saturated carbocycles. The molecule has 21 heavy (non-hydrogen) atoms. The van der Waals surface area contributed by atoms with Crippen molar-refractivity contribution in [3.8, 4) is 0 Å². The summed E-state index contributed by atoms with van der Waals surface area (Å²) in [6, 6.07) is 16.6. The molecule has 106 valence electrons. The van der Waals surface area contributed by atoms with Crippen LogP contribution in [0.3, 0.4) is 0 Å². The van der Waals surface area contributed by atoms with Crippen molar-refractivity contribution in [3.05, 3.63) is 75.4 Å². The summed E-state index contributed by atoms with van der Waals surface area (Å²) in [6.45, 7) is 0. The quantitative estimate of drug-likeness (QED) is 0.480. The van der Waals surface area contributed by atoms with Crippen LogP contribution in [0, 0.1) is 3.57 Å². The number of carbonyl (C=O) groups is 2. The Bertz CT molecular complexity index is 669. The maximum atomic E-state index is 11.9. The molecule has 0 unspecified atom stereocenters. The maximum Gasteiger partial charge on any atom is 0.270 e. The van der Waals surface area contributed by atoms with E-state index >= 15 is 0 Å². The van der Waals surface area contributed by atoms with E-state index in [4.69, 9.17) is 0 Å². The van der Waals surface area contributed by atoms with Gasteiger partial charge in [-0.15, -0.1) is 0 Å². The number of hydrogen-bond acceptors (Lipinski definition) is 2. The number of hydrazine groups is 1. The highest BCUT2D eigenvalue weighted by atomic mass is 127.